The zero-order valence-electron chi connectivity index (χ0n) is 17.0. The van der Waals surface area contributed by atoms with Crippen LogP contribution in [-0.4, -0.2) is 19.9 Å². The van der Waals surface area contributed by atoms with E-state index in [1.54, 1.807) is 12.7 Å². The average molecular weight is 380 g/mol. The van der Waals surface area contributed by atoms with Crippen molar-refractivity contribution in [2.75, 3.05) is 5.32 Å². The maximum Gasteiger partial charge on any atom is 0.181 e. The lowest BCUT2D eigenvalue weighted by molar-refractivity contribution is 0.886. The van der Waals surface area contributed by atoms with Crippen LogP contribution < -0.4 is 5.32 Å². The summed E-state index contributed by atoms with van der Waals surface area (Å²) < 4.78 is 0. The van der Waals surface area contributed by atoms with Crippen LogP contribution in [0.5, 0.6) is 0 Å². The van der Waals surface area contributed by atoms with Crippen molar-refractivity contribution in [1.82, 2.24) is 19.9 Å². The quantitative estimate of drug-likeness (QED) is 0.403. The lowest BCUT2D eigenvalue weighted by atomic mass is 10.1. The number of unbranched alkanes of at least 4 members (excludes halogenated alkanes) is 1. The number of aryl methyl sites for hydroxylation is 2. The molecule has 2 aromatic heterocycles. The van der Waals surface area contributed by atoms with Gasteiger partial charge in [0.15, 0.2) is 5.65 Å². The molecule has 4 aromatic rings. The molecule has 0 spiro atoms. The van der Waals surface area contributed by atoms with Gasteiger partial charge in [0.05, 0.1) is 6.33 Å². The second-order valence-electron chi connectivity index (χ2n) is 6.81. The van der Waals surface area contributed by atoms with E-state index in [2.05, 4.69) is 83.3 Å². The summed E-state index contributed by atoms with van der Waals surface area (Å²) in [5, 5.41) is 3.54. The number of hydrogen-bond donors (Lipinski definition) is 2. The third-order valence-corrected chi connectivity index (χ3v) is 4.57. The summed E-state index contributed by atoms with van der Waals surface area (Å²) in [7, 11) is 0. The highest BCUT2D eigenvalue weighted by atomic mass is 15.0. The Hall–Kier alpha value is -3.21. The van der Waals surface area contributed by atoms with Crippen molar-refractivity contribution in [3.8, 4) is 11.3 Å². The molecule has 0 fully saturated rings. The van der Waals surface area contributed by atoms with Crippen molar-refractivity contribution in [2.24, 2.45) is 0 Å². The normalized spacial score (nSPS) is 10.4. The Morgan fingerprint density at radius 2 is 1.71 bits per heavy atom. The molecule has 0 amide bonds. The molecule has 0 aliphatic rings. The fourth-order valence-electron chi connectivity index (χ4n) is 2.78. The fourth-order valence-corrected chi connectivity index (χ4v) is 2.78. The maximum atomic E-state index is 4.47. The van der Waals surface area contributed by atoms with Crippen molar-refractivity contribution < 1.29 is 4.28 Å². The Labute approximate surface area is 170 Å². The van der Waals surface area contributed by atoms with Gasteiger partial charge in [-0.3, -0.25) is 0 Å². The molecule has 0 radical (unpaired) electrons. The number of nitrogens with one attached hydrogen (secondary N) is 2. The first kappa shape index (κ1) is 19.5. The van der Waals surface area contributed by atoms with Crippen LogP contribution in [0, 0.1) is 13.8 Å². The first-order valence-corrected chi connectivity index (χ1v) is 9.71. The van der Waals surface area contributed by atoms with E-state index in [-0.39, 0.29) is 4.28 Å². The van der Waals surface area contributed by atoms with Gasteiger partial charge in [0, 0.05) is 21.2 Å². The standard InChI is InChI=1S/C19H17N5.C4H10.3H2/c1-12-7-8-13(2)16(9-12)24-15-6-4-3-5-14(15)17-18-19(22-10-20-17)23-11-21-18;1-3-4-2;;;/h3-11,24H,1-2H3,(H,20,21,22,23);3-4H2,1-2H3;3*1H. The molecule has 2 N–H and O–H groups in total. The fraction of sp³-hybridized carbons (Fsp3) is 0.261. The van der Waals surface area contributed by atoms with Gasteiger partial charge in [-0.15, -0.1) is 0 Å². The molecule has 0 unspecified atom stereocenters. The number of anilines is 2. The Balaban J connectivity index is 0.00000119. The molecular weight excluding hydrogens is 346 g/mol. The summed E-state index contributed by atoms with van der Waals surface area (Å²) in [4.78, 5) is 16.0. The van der Waals surface area contributed by atoms with E-state index in [4.69, 9.17) is 0 Å². The summed E-state index contributed by atoms with van der Waals surface area (Å²) in [5.74, 6) is 0. The number of benzene rings is 2. The lowest BCUT2D eigenvalue weighted by Gasteiger charge is -2.14. The summed E-state index contributed by atoms with van der Waals surface area (Å²) in [6, 6.07) is 14.5. The van der Waals surface area contributed by atoms with E-state index in [0.717, 1.165) is 28.1 Å². The van der Waals surface area contributed by atoms with Crippen LogP contribution in [-0.2, 0) is 0 Å². The minimum Gasteiger partial charge on any atom is -0.355 e. The molecule has 0 aliphatic heterocycles. The zero-order chi connectivity index (χ0) is 19.9. The van der Waals surface area contributed by atoms with Crippen molar-refractivity contribution in [3.63, 3.8) is 0 Å². The maximum absolute atomic E-state index is 4.47. The van der Waals surface area contributed by atoms with E-state index >= 15 is 0 Å². The first-order valence-electron chi connectivity index (χ1n) is 9.71. The number of hydrogen-bond acceptors (Lipinski definition) is 4. The van der Waals surface area contributed by atoms with Gasteiger partial charge in [-0.2, -0.15) is 0 Å². The van der Waals surface area contributed by atoms with Crippen LogP contribution in [0.15, 0.2) is 55.1 Å². The summed E-state index contributed by atoms with van der Waals surface area (Å²) >= 11 is 0. The molecule has 0 saturated heterocycles. The monoisotopic (exact) mass is 379 g/mol. The number of imidazole rings is 1. The van der Waals surface area contributed by atoms with Crippen LogP contribution in [0.25, 0.3) is 22.4 Å². The van der Waals surface area contributed by atoms with E-state index < -0.39 is 0 Å². The minimum atomic E-state index is 0. The van der Waals surface area contributed by atoms with Crippen LogP contribution in [0.3, 0.4) is 0 Å². The molecule has 2 aromatic carbocycles. The number of fused-ring (bicyclic) bond motifs is 1. The van der Waals surface area contributed by atoms with Crippen LogP contribution in [0.4, 0.5) is 11.4 Å². The molecule has 2 heterocycles. The van der Waals surface area contributed by atoms with E-state index in [9.17, 15) is 0 Å². The lowest BCUT2D eigenvalue weighted by Crippen LogP contribution is -1.97. The van der Waals surface area contributed by atoms with Gasteiger partial charge in [0.2, 0.25) is 0 Å². The van der Waals surface area contributed by atoms with E-state index in [0.29, 0.717) is 5.65 Å². The minimum absolute atomic E-state index is 0. The molecule has 4 rings (SSSR count). The number of aromatic amines is 1. The number of rotatable bonds is 4. The number of aromatic nitrogens is 4. The Morgan fingerprint density at radius 1 is 0.929 bits per heavy atom. The van der Waals surface area contributed by atoms with Crippen LogP contribution >= 0.6 is 0 Å². The largest absolute Gasteiger partial charge is 0.355 e. The third-order valence-electron chi connectivity index (χ3n) is 4.57. The van der Waals surface area contributed by atoms with Gasteiger partial charge in [-0.05, 0) is 37.1 Å². The van der Waals surface area contributed by atoms with E-state index in [1.165, 1.54) is 24.0 Å². The van der Waals surface area contributed by atoms with Gasteiger partial charge in [0.1, 0.15) is 17.5 Å². The van der Waals surface area contributed by atoms with Gasteiger partial charge in [-0.1, -0.05) is 57.0 Å². The molecule has 0 aliphatic carbocycles. The zero-order valence-corrected chi connectivity index (χ0v) is 17.0. The summed E-state index contributed by atoms with van der Waals surface area (Å²) in [5.41, 5.74) is 7.87. The van der Waals surface area contributed by atoms with Crippen LogP contribution in [0.2, 0.25) is 0 Å². The molecule has 0 saturated carbocycles. The summed E-state index contributed by atoms with van der Waals surface area (Å²) in [6.45, 7) is 8.55. The predicted octanol–water partition coefficient (Wildman–Crippen LogP) is 6.92. The molecule has 0 atom stereocenters. The highest BCUT2D eigenvalue weighted by molar-refractivity contribution is 5.92. The van der Waals surface area contributed by atoms with Crippen molar-refractivity contribution in [1.29, 1.82) is 0 Å². The first-order chi connectivity index (χ1) is 13.6. The number of para-hydroxylation sites is 1. The average Bonchev–Trinajstić information content (AvgIpc) is 3.20. The highest BCUT2D eigenvalue weighted by Gasteiger charge is 2.12. The molecule has 28 heavy (non-hydrogen) atoms. The smallest absolute Gasteiger partial charge is 0.181 e. The molecular formula is C23H33N5. The van der Waals surface area contributed by atoms with Gasteiger partial charge in [0.25, 0.3) is 0 Å². The Bertz CT molecular complexity index is 1060. The number of H-pyrrole nitrogens is 1. The molecule has 0 bridgehead atoms. The van der Waals surface area contributed by atoms with Crippen LogP contribution in [0.1, 0.15) is 42.1 Å². The second kappa shape index (κ2) is 9.13. The van der Waals surface area contributed by atoms with E-state index in [1.807, 2.05) is 12.1 Å². The molecule has 5 heteroatoms. The van der Waals surface area contributed by atoms with Crippen molar-refractivity contribution in [3.05, 3.63) is 66.2 Å². The third kappa shape index (κ3) is 4.36. The second-order valence-corrected chi connectivity index (χ2v) is 6.81. The highest BCUT2D eigenvalue weighted by Crippen LogP contribution is 2.32. The topological polar surface area (TPSA) is 66.5 Å². The number of nitrogens with zero attached hydrogens (tertiary/aromatic N) is 3. The van der Waals surface area contributed by atoms with Crippen molar-refractivity contribution in [2.45, 2.75) is 40.5 Å². The molecule has 5 nitrogen and oxygen atoms in total. The molecule has 150 valence electrons. The Kier molecular flexibility index (Phi) is 6.37. The van der Waals surface area contributed by atoms with Crippen molar-refractivity contribution >= 4 is 22.5 Å². The van der Waals surface area contributed by atoms with Gasteiger partial charge >= 0.3 is 0 Å². The predicted molar refractivity (Wildman–Crippen MR) is 123 cm³/mol. The SMILES string of the molecule is CCCC.Cc1ccc(C)c(Nc2ccccc2-c2ncnc3nc[nH]c23)c1.[HH].[HH].[HH]. The van der Waals surface area contributed by atoms with Gasteiger partial charge < -0.3 is 10.3 Å². The summed E-state index contributed by atoms with van der Waals surface area (Å²) in [6.07, 6.45) is 5.83. The van der Waals surface area contributed by atoms with Gasteiger partial charge in [-0.25, -0.2) is 15.0 Å². The Morgan fingerprint density at radius 3 is 2.50 bits per heavy atom.